The van der Waals surface area contributed by atoms with E-state index in [0.717, 1.165) is 41.7 Å². The summed E-state index contributed by atoms with van der Waals surface area (Å²) in [5, 5.41) is 0. The van der Waals surface area contributed by atoms with Crippen LogP contribution in [0.25, 0.3) is 0 Å². The maximum absolute atomic E-state index is 13.1. The first-order chi connectivity index (χ1) is 15.8. The summed E-state index contributed by atoms with van der Waals surface area (Å²) >= 11 is 1.01. The fourth-order valence-corrected chi connectivity index (χ4v) is 7.14. The first-order valence-corrected chi connectivity index (χ1v) is 13.1. The predicted molar refractivity (Wildman–Crippen MR) is 122 cm³/mol. The van der Waals surface area contributed by atoms with Gasteiger partial charge in [0, 0.05) is 23.5 Å². The van der Waals surface area contributed by atoms with Crippen LogP contribution in [0.2, 0.25) is 0 Å². The number of methoxy groups -OCH3 is 1. The van der Waals surface area contributed by atoms with Crippen LogP contribution >= 0.6 is 11.3 Å². The van der Waals surface area contributed by atoms with Gasteiger partial charge in [0.05, 0.1) is 19.2 Å². The van der Waals surface area contributed by atoms with Crippen LogP contribution in [0.15, 0.2) is 40.1 Å². The molecule has 0 radical (unpaired) electrons. The average Bonchev–Trinajstić information content (AvgIpc) is 3.47. The van der Waals surface area contributed by atoms with Crippen molar-refractivity contribution in [3.63, 3.8) is 0 Å². The normalized spacial score (nSPS) is 15.8. The largest absolute Gasteiger partial charge is 0.465 e. The van der Waals surface area contributed by atoms with E-state index in [1.54, 1.807) is 17.0 Å². The standard InChI is InChI=1S/C23H25FN2O5S2/c1-31-22(28)20-18-11-13-26(21(27)16-4-2-3-5-16)14-19(18)32-23(20)33(29,30)25-12-10-15-6-8-17(24)9-7-15/h4,6-9,25H,2-3,5,10-14H2,1H3. The van der Waals surface area contributed by atoms with Crippen molar-refractivity contribution in [2.24, 2.45) is 0 Å². The number of amides is 1. The van der Waals surface area contributed by atoms with Crippen molar-refractivity contribution in [1.29, 1.82) is 0 Å². The lowest BCUT2D eigenvalue weighted by molar-refractivity contribution is -0.128. The number of sulfonamides is 1. The van der Waals surface area contributed by atoms with Crippen LogP contribution in [0.1, 0.15) is 45.6 Å². The van der Waals surface area contributed by atoms with E-state index in [1.165, 1.54) is 19.2 Å². The van der Waals surface area contributed by atoms with Gasteiger partial charge in [-0.25, -0.2) is 22.3 Å². The van der Waals surface area contributed by atoms with Gasteiger partial charge in [-0.3, -0.25) is 4.79 Å². The number of carbonyl (C=O) groups excluding carboxylic acids is 2. The van der Waals surface area contributed by atoms with Gasteiger partial charge in [-0.15, -0.1) is 11.3 Å². The molecule has 33 heavy (non-hydrogen) atoms. The lowest BCUT2D eigenvalue weighted by Gasteiger charge is -2.27. The molecule has 0 atom stereocenters. The Bertz CT molecular complexity index is 1200. The average molecular weight is 493 g/mol. The number of nitrogens with zero attached hydrogens (tertiary/aromatic N) is 1. The molecule has 2 aliphatic rings. The van der Waals surface area contributed by atoms with Crippen LogP contribution < -0.4 is 4.72 Å². The zero-order valence-corrected chi connectivity index (χ0v) is 19.9. The number of esters is 1. The van der Waals surface area contributed by atoms with Gasteiger partial charge >= 0.3 is 5.97 Å². The Morgan fingerprint density at radius 3 is 2.64 bits per heavy atom. The van der Waals surface area contributed by atoms with E-state index in [2.05, 4.69) is 4.72 Å². The molecule has 1 aliphatic carbocycles. The second-order valence-corrected chi connectivity index (χ2v) is 11.1. The number of hydrogen-bond donors (Lipinski definition) is 1. The quantitative estimate of drug-likeness (QED) is 0.600. The Morgan fingerprint density at radius 2 is 1.97 bits per heavy atom. The molecule has 4 rings (SSSR count). The van der Waals surface area contributed by atoms with Crippen molar-refractivity contribution in [2.45, 2.75) is 42.9 Å². The van der Waals surface area contributed by atoms with E-state index < -0.39 is 16.0 Å². The highest BCUT2D eigenvalue weighted by molar-refractivity contribution is 7.91. The molecule has 0 spiro atoms. The Labute approximate surface area is 196 Å². The van der Waals surface area contributed by atoms with Gasteiger partial charge in [-0.2, -0.15) is 0 Å². The topological polar surface area (TPSA) is 92.8 Å². The predicted octanol–water partition coefficient (Wildman–Crippen LogP) is 3.19. The number of benzene rings is 1. The summed E-state index contributed by atoms with van der Waals surface area (Å²) in [6, 6.07) is 5.83. The van der Waals surface area contributed by atoms with Crippen molar-refractivity contribution in [2.75, 3.05) is 20.2 Å². The highest BCUT2D eigenvalue weighted by atomic mass is 32.2. The van der Waals surface area contributed by atoms with Crippen molar-refractivity contribution < 1.29 is 27.1 Å². The van der Waals surface area contributed by atoms with Crippen molar-refractivity contribution in [3.8, 4) is 0 Å². The third kappa shape index (κ3) is 5.02. The van der Waals surface area contributed by atoms with Crippen molar-refractivity contribution in [3.05, 3.63) is 63.3 Å². The van der Waals surface area contributed by atoms with Gasteiger partial charge in [0.15, 0.2) is 0 Å². The molecule has 1 amide bonds. The number of rotatable bonds is 7. The highest BCUT2D eigenvalue weighted by Crippen LogP contribution is 2.37. The van der Waals surface area contributed by atoms with E-state index in [4.69, 9.17) is 4.74 Å². The van der Waals surface area contributed by atoms with Gasteiger partial charge in [0.2, 0.25) is 5.91 Å². The third-order valence-corrected chi connectivity index (χ3v) is 9.08. The lowest BCUT2D eigenvalue weighted by Crippen LogP contribution is -2.36. The molecule has 1 aromatic heterocycles. The Hall–Kier alpha value is -2.56. The fraction of sp³-hybridized carbons (Fsp3) is 0.391. The van der Waals surface area contributed by atoms with E-state index in [0.29, 0.717) is 29.8 Å². The summed E-state index contributed by atoms with van der Waals surface area (Å²) < 4.78 is 46.6. The number of allylic oxidation sites excluding steroid dienone is 1. The minimum Gasteiger partial charge on any atom is -0.465 e. The number of fused-ring (bicyclic) bond motifs is 1. The summed E-state index contributed by atoms with van der Waals surface area (Å²) in [6.45, 7) is 0.780. The maximum atomic E-state index is 13.1. The molecule has 1 aromatic carbocycles. The molecular formula is C23H25FN2O5S2. The molecule has 2 aromatic rings. The zero-order chi connectivity index (χ0) is 23.6. The molecule has 176 valence electrons. The van der Waals surface area contributed by atoms with E-state index in [9.17, 15) is 22.4 Å². The summed E-state index contributed by atoms with van der Waals surface area (Å²) in [7, 11) is -2.77. The van der Waals surface area contributed by atoms with Crippen LogP contribution in [-0.2, 0) is 38.9 Å². The third-order valence-electron chi connectivity index (χ3n) is 5.88. The molecule has 1 aliphatic heterocycles. The van der Waals surface area contributed by atoms with Crippen molar-refractivity contribution in [1.82, 2.24) is 9.62 Å². The molecule has 10 heteroatoms. The van der Waals surface area contributed by atoms with E-state index in [1.807, 2.05) is 6.08 Å². The maximum Gasteiger partial charge on any atom is 0.340 e. The SMILES string of the molecule is COC(=O)c1c(S(=O)(=O)NCCc2ccc(F)cc2)sc2c1CCN(C(=O)C1=CCCC1)C2. The number of hydrogen-bond acceptors (Lipinski definition) is 6. The number of ether oxygens (including phenoxy) is 1. The summed E-state index contributed by atoms with van der Waals surface area (Å²) in [5.41, 5.74) is 2.28. The van der Waals surface area contributed by atoms with Crippen LogP contribution in [0, 0.1) is 5.82 Å². The molecule has 0 unspecified atom stereocenters. The van der Waals surface area contributed by atoms with Gasteiger partial charge in [0.1, 0.15) is 10.0 Å². The molecular weight excluding hydrogens is 467 g/mol. The smallest absolute Gasteiger partial charge is 0.340 e. The van der Waals surface area contributed by atoms with E-state index >= 15 is 0 Å². The van der Waals surface area contributed by atoms with Crippen LogP contribution in [-0.4, -0.2) is 45.4 Å². The minimum absolute atomic E-state index is 0.0204. The first kappa shape index (κ1) is 23.6. The molecule has 0 saturated heterocycles. The molecule has 7 nitrogen and oxygen atoms in total. The Balaban J connectivity index is 1.55. The number of nitrogens with one attached hydrogen (secondary N) is 1. The second kappa shape index (κ2) is 9.74. The summed E-state index contributed by atoms with van der Waals surface area (Å²) in [5.74, 6) is -1.08. The number of thiophene rings is 1. The van der Waals surface area contributed by atoms with Crippen LogP contribution in [0.4, 0.5) is 4.39 Å². The summed E-state index contributed by atoms with van der Waals surface area (Å²) in [6.07, 6.45) is 5.36. The Kier molecular flexibility index (Phi) is 6.96. The van der Waals surface area contributed by atoms with Crippen LogP contribution in [0.3, 0.4) is 0 Å². The lowest BCUT2D eigenvalue weighted by atomic mass is 10.0. The zero-order valence-electron chi connectivity index (χ0n) is 18.2. The second-order valence-electron chi connectivity index (χ2n) is 8.03. The minimum atomic E-state index is -3.99. The summed E-state index contributed by atoms with van der Waals surface area (Å²) in [4.78, 5) is 27.7. The number of carbonyl (C=O) groups is 2. The van der Waals surface area contributed by atoms with E-state index in [-0.39, 0.29) is 34.6 Å². The van der Waals surface area contributed by atoms with Gasteiger partial charge < -0.3 is 9.64 Å². The van der Waals surface area contributed by atoms with Gasteiger partial charge in [-0.05, 0) is 55.4 Å². The molecule has 0 bridgehead atoms. The molecule has 1 N–H and O–H groups in total. The molecule has 0 saturated carbocycles. The van der Waals surface area contributed by atoms with Gasteiger partial charge in [0.25, 0.3) is 10.0 Å². The first-order valence-electron chi connectivity index (χ1n) is 10.8. The Morgan fingerprint density at radius 1 is 1.21 bits per heavy atom. The highest BCUT2D eigenvalue weighted by Gasteiger charge is 2.35. The van der Waals surface area contributed by atoms with Crippen molar-refractivity contribution >= 4 is 33.2 Å². The molecule has 2 heterocycles. The monoisotopic (exact) mass is 492 g/mol. The molecule has 0 fully saturated rings. The fourth-order valence-electron chi connectivity index (χ4n) is 4.16. The number of halogens is 1. The van der Waals surface area contributed by atoms with Crippen LogP contribution in [0.5, 0.6) is 0 Å². The van der Waals surface area contributed by atoms with Gasteiger partial charge in [-0.1, -0.05) is 18.2 Å².